The van der Waals surface area contributed by atoms with E-state index in [-0.39, 0.29) is 17.9 Å². The molecule has 0 spiro atoms. The van der Waals surface area contributed by atoms with Crippen LogP contribution in [0.2, 0.25) is 0 Å². The van der Waals surface area contributed by atoms with Gasteiger partial charge < -0.3 is 0 Å². The van der Waals surface area contributed by atoms with Gasteiger partial charge in [0, 0.05) is 9.75 Å². The maximum Gasteiger partial charge on any atom is 0.262 e. The van der Waals surface area contributed by atoms with Crippen molar-refractivity contribution in [3.8, 4) is 0 Å². The number of aromatic nitrogens is 2. The van der Waals surface area contributed by atoms with Gasteiger partial charge in [-0.05, 0) is 49.8 Å². The monoisotopic (exact) mass is 358 g/mol. The molecule has 4 rings (SSSR count). The van der Waals surface area contributed by atoms with Crippen LogP contribution in [0.5, 0.6) is 0 Å². The molecule has 0 fully saturated rings. The molecule has 3 aromatic heterocycles. The number of hydrogen-bond acceptors (Lipinski definition) is 5. The van der Waals surface area contributed by atoms with E-state index in [1.807, 2.05) is 19.1 Å². The summed E-state index contributed by atoms with van der Waals surface area (Å²) in [7, 11) is 0. The molecule has 124 valence electrons. The molecule has 24 heavy (non-hydrogen) atoms. The topological polar surface area (TPSA) is 52.0 Å². The maximum absolute atomic E-state index is 12.9. The molecule has 4 nitrogen and oxygen atoms in total. The molecule has 0 radical (unpaired) electrons. The third-order valence-corrected chi connectivity index (χ3v) is 6.82. The highest BCUT2D eigenvalue weighted by atomic mass is 32.1. The number of rotatable bonds is 3. The average Bonchev–Trinajstić information content (AvgIpc) is 3.13. The first-order valence-electron chi connectivity index (χ1n) is 8.12. The van der Waals surface area contributed by atoms with Crippen molar-refractivity contribution in [2.45, 2.75) is 39.7 Å². The molecule has 0 saturated heterocycles. The van der Waals surface area contributed by atoms with Crippen LogP contribution in [0.25, 0.3) is 10.2 Å². The quantitative estimate of drug-likeness (QED) is 0.669. The number of Topliss-reactive ketones (excluding diaryl/α,β-unsaturated/α-hetero) is 1. The summed E-state index contributed by atoms with van der Waals surface area (Å²) >= 11 is 3.10. The Kier molecular flexibility index (Phi) is 3.89. The van der Waals surface area contributed by atoms with Crippen molar-refractivity contribution < 1.29 is 4.79 Å². The van der Waals surface area contributed by atoms with E-state index in [4.69, 9.17) is 0 Å². The summed E-state index contributed by atoms with van der Waals surface area (Å²) in [6.45, 7) is 4.28. The Balaban J connectivity index is 1.73. The second-order valence-electron chi connectivity index (χ2n) is 6.54. The lowest BCUT2D eigenvalue weighted by Crippen LogP contribution is -2.25. The zero-order valence-electron chi connectivity index (χ0n) is 13.7. The molecular formula is C18H18N2O2S2. The van der Waals surface area contributed by atoms with Gasteiger partial charge in [0.05, 0.1) is 23.1 Å². The number of ketones is 1. The highest BCUT2D eigenvalue weighted by Gasteiger charge is 2.23. The van der Waals surface area contributed by atoms with Crippen LogP contribution in [0.4, 0.5) is 0 Å². The van der Waals surface area contributed by atoms with Crippen molar-refractivity contribution in [1.82, 2.24) is 9.55 Å². The van der Waals surface area contributed by atoms with Crippen molar-refractivity contribution >= 4 is 38.7 Å². The van der Waals surface area contributed by atoms with Gasteiger partial charge in [0.1, 0.15) is 4.83 Å². The fraction of sp³-hybridized carbons (Fsp3) is 0.389. The highest BCUT2D eigenvalue weighted by molar-refractivity contribution is 7.18. The van der Waals surface area contributed by atoms with Gasteiger partial charge in [-0.3, -0.25) is 14.2 Å². The lowest BCUT2D eigenvalue weighted by atomic mass is 9.89. The molecule has 6 heteroatoms. The molecule has 3 aromatic rings. The van der Waals surface area contributed by atoms with E-state index >= 15 is 0 Å². The van der Waals surface area contributed by atoms with E-state index < -0.39 is 0 Å². The van der Waals surface area contributed by atoms with Crippen LogP contribution < -0.4 is 5.56 Å². The molecule has 1 aliphatic rings. The molecule has 0 aromatic carbocycles. The SMILES string of the molecule is Cc1ccc(C(=O)Cn2cnc3sc4c(c3c2=O)CC[C@@H](C)C4)s1. The molecule has 3 heterocycles. The molecule has 0 bridgehead atoms. The van der Waals surface area contributed by atoms with Crippen LogP contribution in [0.1, 0.15) is 38.3 Å². The minimum absolute atomic E-state index is 0.0333. The first kappa shape index (κ1) is 15.7. The third-order valence-electron chi connectivity index (χ3n) is 4.61. The first-order valence-corrected chi connectivity index (χ1v) is 9.75. The summed E-state index contributed by atoms with van der Waals surface area (Å²) < 4.78 is 1.46. The molecule has 0 aliphatic heterocycles. The van der Waals surface area contributed by atoms with Crippen LogP contribution in [0, 0.1) is 12.8 Å². The number of hydrogen-bond donors (Lipinski definition) is 0. The first-order chi connectivity index (χ1) is 11.5. The number of fused-ring (bicyclic) bond motifs is 3. The largest absolute Gasteiger partial charge is 0.291 e. The van der Waals surface area contributed by atoms with E-state index in [9.17, 15) is 9.59 Å². The molecule has 1 atom stereocenters. The predicted molar refractivity (Wildman–Crippen MR) is 98.5 cm³/mol. The van der Waals surface area contributed by atoms with Crippen molar-refractivity contribution in [3.05, 3.63) is 49.0 Å². The van der Waals surface area contributed by atoms with Gasteiger partial charge in [-0.1, -0.05) is 6.92 Å². The summed E-state index contributed by atoms with van der Waals surface area (Å²) in [4.78, 5) is 33.7. The lowest BCUT2D eigenvalue weighted by molar-refractivity contribution is 0.0974. The van der Waals surface area contributed by atoms with Gasteiger partial charge in [0.15, 0.2) is 5.78 Å². The average molecular weight is 358 g/mol. The Morgan fingerprint density at radius 1 is 1.38 bits per heavy atom. The number of nitrogens with zero attached hydrogens (tertiary/aromatic N) is 2. The normalized spacial score (nSPS) is 17.2. The van der Waals surface area contributed by atoms with E-state index in [1.54, 1.807) is 11.3 Å². The zero-order valence-corrected chi connectivity index (χ0v) is 15.3. The maximum atomic E-state index is 12.9. The Hall–Kier alpha value is -1.79. The molecule has 0 amide bonds. The van der Waals surface area contributed by atoms with Crippen molar-refractivity contribution in [2.24, 2.45) is 5.92 Å². The van der Waals surface area contributed by atoms with E-state index in [2.05, 4.69) is 11.9 Å². The minimum atomic E-state index is -0.0753. The fourth-order valence-electron chi connectivity index (χ4n) is 3.30. The predicted octanol–water partition coefficient (Wildman–Crippen LogP) is 3.84. The van der Waals surface area contributed by atoms with Crippen molar-refractivity contribution in [1.29, 1.82) is 0 Å². The summed E-state index contributed by atoms with van der Waals surface area (Å²) in [6, 6.07) is 3.76. The minimum Gasteiger partial charge on any atom is -0.291 e. The standard InChI is InChI=1S/C18H18N2O2S2/c1-10-3-5-12-15(7-10)24-17-16(12)18(22)20(9-19-17)8-13(21)14-6-4-11(2)23-14/h4,6,9-10H,3,5,7-8H2,1-2H3/t10-/m1/s1. The number of thiophene rings is 2. The third kappa shape index (κ3) is 2.63. The Morgan fingerprint density at radius 2 is 2.21 bits per heavy atom. The Labute approximate surface area is 147 Å². The fourth-order valence-corrected chi connectivity index (χ4v) is 5.43. The second-order valence-corrected chi connectivity index (χ2v) is 8.91. The van der Waals surface area contributed by atoms with Gasteiger partial charge >= 0.3 is 0 Å². The summed E-state index contributed by atoms with van der Waals surface area (Å²) in [6.07, 6.45) is 4.60. The van der Waals surface area contributed by atoms with Crippen LogP contribution in [0.3, 0.4) is 0 Å². The van der Waals surface area contributed by atoms with Gasteiger partial charge in [0.25, 0.3) is 5.56 Å². The lowest BCUT2D eigenvalue weighted by Gasteiger charge is -2.17. The van der Waals surface area contributed by atoms with Crippen LogP contribution in [0.15, 0.2) is 23.3 Å². The summed E-state index contributed by atoms with van der Waals surface area (Å²) in [5.74, 6) is 0.630. The molecular weight excluding hydrogens is 340 g/mol. The zero-order chi connectivity index (χ0) is 16.8. The molecule has 0 N–H and O–H groups in total. The van der Waals surface area contributed by atoms with Gasteiger partial charge in [-0.15, -0.1) is 22.7 Å². The number of aryl methyl sites for hydroxylation is 2. The summed E-state index contributed by atoms with van der Waals surface area (Å²) in [5.41, 5.74) is 1.09. The van der Waals surface area contributed by atoms with E-state index in [0.29, 0.717) is 10.8 Å². The smallest absolute Gasteiger partial charge is 0.262 e. The highest BCUT2D eigenvalue weighted by Crippen LogP contribution is 2.35. The Morgan fingerprint density at radius 3 is 2.96 bits per heavy atom. The van der Waals surface area contributed by atoms with Crippen LogP contribution in [-0.2, 0) is 19.4 Å². The van der Waals surface area contributed by atoms with Crippen molar-refractivity contribution in [3.63, 3.8) is 0 Å². The van der Waals surface area contributed by atoms with Crippen LogP contribution >= 0.6 is 22.7 Å². The van der Waals surface area contributed by atoms with Gasteiger partial charge in [-0.25, -0.2) is 4.98 Å². The summed E-state index contributed by atoms with van der Waals surface area (Å²) in [5, 5.41) is 0.736. The number of carbonyl (C=O) groups is 1. The Bertz CT molecular complexity index is 996. The molecule has 1 aliphatic carbocycles. The second kappa shape index (κ2) is 5.93. The van der Waals surface area contributed by atoms with Gasteiger partial charge in [0.2, 0.25) is 0 Å². The number of carbonyl (C=O) groups excluding carboxylic acids is 1. The van der Waals surface area contributed by atoms with Crippen molar-refractivity contribution in [2.75, 3.05) is 0 Å². The van der Waals surface area contributed by atoms with Crippen LogP contribution in [-0.4, -0.2) is 15.3 Å². The molecule has 0 saturated carbocycles. The van der Waals surface area contributed by atoms with Gasteiger partial charge in [-0.2, -0.15) is 0 Å². The molecule has 0 unspecified atom stereocenters. The van der Waals surface area contributed by atoms with E-state index in [1.165, 1.54) is 32.7 Å². The van der Waals surface area contributed by atoms with E-state index in [0.717, 1.165) is 34.4 Å².